The van der Waals surface area contributed by atoms with Crippen LogP contribution in [0.2, 0.25) is 0 Å². The molecule has 1 fully saturated rings. The minimum atomic E-state index is 0.377. The summed E-state index contributed by atoms with van der Waals surface area (Å²) in [7, 11) is 0. The summed E-state index contributed by atoms with van der Waals surface area (Å²) < 4.78 is 13.6. The standard InChI is InChI=1S/C48H42O2/c1-33-11-19-37(20-12-33)39-23-15-35(16-24-39)31-49-45-29-27-41-7-3-5-9-43(41)47(45)48-44-10-6-4-8-42(44)28-30-46(48)50-32-36-17-25-40(26-18-36)38-21-13-34(2)14-22-38/h3-11,13,17,19,21,25,27-30,35,39H,12,15-16,20,23-24,31-32H2,1-2H3. The second-order valence-electron chi connectivity index (χ2n) is 14.1. The lowest BCUT2D eigenvalue weighted by Gasteiger charge is -2.31. The molecule has 0 radical (unpaired) electrons. The molecule has 2 nitrogen and oxygen atoms in total. The molecule has 0 aromatic heterocycles. The maximum absolute atomic E-state index is 6.87. The van der Waals surface area contributed by atoms with Gasteiger partial charge in [0, 0.05) is 27.8 Å². The highest BCUT2D eigenvalue weighted by molar-refractivity contribution is 6.09. The van der Waals surface area contributed by atoms with Gasteiger partial charge in [-0.3, -0.25) is 0 Å². The Labute approximate surface area is 295 Å². The van der Waals surface area contributed by atoms with Crippen molar-refractivity contribution in [2.45, 2.75) is 52.4 Å². The van der Waals surface area contributed by atoms with Gasteiger partial charge in [0.25, 0.3) is 0 Å². The van der Waals surface area contributed by atoms with E-state index in [9.17, 15) is 0 Å². The van der Waals surface area contributed by atoms with Gasteiger partial charge < -0.3 is 9.47 Å². The fourth-order valence-corrected chi connectivity index (χ4v) is 7.69. The topological polar surface area (TPSA) is 18.5 Å². The first-order chi connectivity index (χ1) is 24.6. The predicted molar refractivity (Wildman–Crippen MR) is 206 cm³/mol. The molecule has 0 unspecified atom stereocenters. The summed E-state index contributed by atoms with van der Waals surface area (Å²) in [6, 6.07) is 25.8. The van der Waals surface area contributed by atoms with E-state index in [-0.39, 0.29) is 0 Å². The highest BCUT2D eigenvalue weighted by Gasteiger charge is 2.26. The summed E-state index contributed by atoms with van der Waals surface area (Å²) in [6.07, 6.45) is 20.3. The van der Waals surface area contributed by atoms with E-state index in [2.05, 4.69) is 127 Å². The minimum absolute atomic E-state index is 0.377. The molecule has 0 amide bonds. The van der Waals surface area contributed by atoms with Gasteiger partial charge in [0.15, 0.2) is 0 Å². The van der Waals surface area contributed by atoms with Crippen molar-refractivity contribution in [1.82, 2.24) is 0 Å². The molecule has 4 aromatic carbocycles. The Hall–Kier alpha value is -5.44. The van der Waals surface area contributed by atoms with Crippen molar-refractivity contribution in [3.63, 3.8) is 0 Å². The van der Waals surface area contributed by atoms with Crippen LogP contribution in [0.1, 0.15) is 52.4 Å². The molecule has 0 N–H and O–H groups in total. The summed E-state index contributed by atoms with van der Waals surface area (Å²) in [5, 5.41) is 4.67. The molecular formula is C48H42O2. The van der Waals surface area contributed by atoms with Crippen molar-refractivity contribution in [2.75, 3.05) is 13.2 Å². The Kier molecular flexibility index (Phi) is 9.03. The Morgan fingerprint density at radius 1 is 0.600 bits per heavy atom. The number of allylic oxidation sites excluding steroid dienone is 10. The quantitative estimate of drug-likeness (QED) is 0.168. The Morgan fingerprint density at radius 3 is 1.84 bits per heavy atom. The Morgan fingerprint density at radius 2 is 1.24 bits per heavy atom. The molecule has 246 valence electrons. The van der Waals surface area contributed by atoms with Crippen LogP contribution in [0.5, 0.6) is 11.5 Å². The molecule has 2 heteroatoms. The zero-order valence-corrected chi connectivity index (χ0v) is 29.0. The number of rotatable bonds is 9. The second kappa shape index (κ2) is 14.2. The van der Waals surface area contributed by atoms with Crippen LogP contribution in [0.4, 0.5) is 0 Å². The van der Waals surface area contributed by atoms with E-state index in [1.54, 1.807) is 5.57 Å². The first-order valence-electron chi connectivity index (χ1n) is 18.1. The third kappa shape index (κ3) is 6.72. The van der Waals surface area contributed by atoms with Crippen LogP contribution in [0, 0.1) is 11.8 Å². The highest BCUT2D eigenvalue weighted by Crippen LogP contribution is 2.46. The van der Waals surface area contributed by atoms with Crippen LogP contribution >= 0.6 is 0 Å². The van der Waals surface area contributed by atoms with E-state index in [0.29, 0.717) is 12.5 Å². The zero-order valence-electron chi connectivity index (χ0n) is 29.0. The van der Waals surface area contributed by atoms with Crippen LogP contribution in [0.25, 0.3) is 32.7 Å². The van der Waals surface area contributed by atoms with E-state index >= 15 is 0 Å². The van der Waals surface area contributed by atoms with E-state index in [4.69, 9.17) is 9.47 Å². The van der Waals surface area contributed by atoms with Crippen molar-refractivity contribution in [1.29, 1.82) is 0 Å². The maximum atomic E-state index is 6.87. The van der Waals surface area contributed by atoms with Gasteiger partial charge in [-0.15, -0.1) is 0 Å². The average Bonchev–Trinajstić information content (AvgIpc) is 3.17. The number of fused-ring (bicyclic) bond motifs is 2. The van der Waals surface area contributed by atoms with E-state index in [0.717, 1.165) is 68.2 Å². The predicted octanol–water partition coefficient (Wildman–Crippen LogP) is 12.3. The summed E-state index contributed by atoms with van der Waals surface area (Å²) >= 11 is 0. The van der Waals surface area contributed by atoms with Crippen molar-refractivity contribution < 1.29 is 9.47 Å². The van der Waals surface area contributed by atoms with Crippen LogP contribution < -0.4 is 9.47 Å². The van der Waals surface area contributed by atoms with Gasteiger partial charge in [0.05, 0.1) is 6.61 Å². The van der Waals surface area contributed by atoms with Crippen LogP contribution in [0.15, 0.2) is 166 Å². The molecule has 0 saturated heterocycles. The van der Waals surface area contributed by atoms with Gasteiger partial charge in [-0.25, -0.2) is 0 Å². The molecular weight excluding hydrogens is 609 g/mol. The average molecular weight is 651 g/mol. The third-order valence-electron chi connectivity index (χ3n) is 10.6. The monoisotopic (exact) mass is 650 g/mol. The maximum Gasteiger partial charge on any atom is 0.128 e. The van der Waals surface area contributed by atoms with Crippen molar-refractivity contribution >= 4 is 21.5 Å². The summed E-state index contributed by atoms with van der Waals surface area (Å²) in [5.74, 6) is 3.03. The molecule has 8 rings (SSSR count). The molecule has 0 bridgehead atoms. The van der Waals surface area contributed by atoms with Crippen molar-refractivity contribution in [2.24, 2.45) is 11.8 Å². The Bertz CT molecular complexity index is 2340. The number of hydrogen-bond acceptors (Lipinski definition) is 2. The summed E-state index contributed by atoms with van der Waals surface area (Å²) in [6.45, 7) is 5.37. The molecule has 0 aliphatic heterocycles. The van der Waals surface area contributed by atoms with E-state index in [1.165, 1.54) is 54.9 Å². The molecule has 0 spiro atoms. The smallest absolute Gasteiger partial charge is 0.128 e. The fourth-order valence-electron chi connectivity index (χ4n) is 7.69. The highest BCUT2D eigenvalue weighted by atomic mass is 16.5. The Balaban J connectivity index is 1.10. The molecule has 4 aliphatic rings. The third-order valence-corrected chi connectivity index (χ3v) is 10.6. The van der Waals surface area contributed by atoms with Gasteiger partial charge in [0.2, 0.25) is 0 Å². The molecule has 4 aromatic rings. The van der Waals surface area contributed by atoms with Crippen molar-refractivity contribution in [3.05, 3.63) is 166 Å². The minimum Gasteiger partial charge on any atom is -0.493 e. The first kappa shape index (κ1) is 31.8. The lowest BCUT2D eigenvalue weighted by Crippen LogP contribution is -2.21. The van der Waals surface area contributed by atoms with Gasteiger partial charge in [0.1, 0.15) is 18.1 Å². The normalized spacial score (nSPS) is 19.8. The van der Waals surface area contributed by atoms with Crippen LogP contribution in [0.3, 0.4) is 0 Å². The lowest BCUT2D eigenvalue weighted by atomic mass is 9.76. The molecule has 4 aliphatic carbocycles. The van der Waals surface area contributed by atoms with Gasteiger partial charge >= 0.3 is 0 Å². The van der Waals surface area contributed by atoms with Crippen molar-refractivity contribution in [3.8, 4) is 22.6 Å². The second-order valence-corrected chi connectivity index (χ2v) is 14.1. The number of hydrogen-bond donors (Lipinski definition) is 0. The lowest BCUT2D eigenvalue weighted by molar-refractivity contribution is 0.191. The molecule has 0 heterocycles. The van der Waals surface area contributed by atoms with Gasteiger partial charge in [-0.05, 0) is 128 Å². The largest absolute Gasteiger partial charge is 0.493 e. The number of benzene rings is 4. The van der Waals surface area contributed by atoms with Gasteiger partial charge in [-0.2, -0.15) is 0 Å². The summed E-state index contributed by atoms with van der Waals surface area (Å²) in [4.78, 5) is 0. The van der Waals surface area contributed by atoms with Crippen LogP contribution in [-0.2, 0) is 0 Å². The molecule has 0 atom stereocenters. The zero-order chi connectivity index (χ0) is 33.9. The summed E-state index contributed by atoms with van der Waals surface area (Å²) in [5.41, 5.74) is 22.2. The first-order valence-corrected chi connectivity index (χ1v) is 18.1. The van der Waals surface area contributed by atoms with Crippen LogP contribution in [-0.4, -0.2) is 13.2 Å². The van der Waals surface area contributed by atoms with E-state index < -0.39 is 0 Å². The molecule has 50 heavy (non-hydrogen) atoms. The molecule has 1 saturated carbocycles. The van der Waals surface area contributed by atoms with E-state index in [1.807, 2.05) is 19.1 Å². The SMILES string of the molecule is CC1=C=C=C(C2=C=C=C(COc3ccc4ccccc4c3-c3c(OCC4CCC(C5=CC=C(C)CC5)CC4)ccc4ccccc34)C=C2)C=C1. The fraction of sp³-hybridized carbons (Fsp3) is 0.250. The number of ether oxygens (including phenoxy) is 2. The van der Waals surface area contributed by atoms with Gasteiger partial charge in [-0.1, -0.05) is 107 Å².